The Labute approximate surface area is 209 Å². The number of anilines is 1. The molecule has 4 rings (SSSR count). The van der Waals surface area contributed by atoms with Gasteiger partial charge < -0.3 is 4.90 Å². The minimum Gasteiger partial charge on any atom is -0.312 e. The number of rotatable bonds is 5. The molecule has 0 radical (unpaired) electrons. The zero-order chi connectivity index (χ0) is 25.4. The van der Waals surface area contributed by atoms with Gasteiger partial charge in [-0.3, -0.25) is 9.78 Å². The van der Waals surface area contributed by atoms with Crippen molar-refractivity contribution in [2.24, 2.45) is 5.92 Å². The van der Waals surface area contributed by atoms with Gasteiger partial charge in [-0.15, -0.1) is 0 Å². The van der Waals surface area contributed by atoms with E-state index in [1.165, 1.54) is 19.9 Å². The van der Waals surface area contributed by atoms with E-state index in [1.807, 2.05) is 36.4 Å². The molecule has 0 unspecified atom stereocenters. The number of piperidine rings is 1. The molecule has 0 N–H and O–H groups in total. The Bertz CT molecular complexity index is 1320. The molecular formula is C27H29F3N2O3S. The van der Waals surface area contributed by atoms with E-state index in [2.05, 4.69) is 4.98 Å². The summed E-state index contributed by atoms with van der Waals surface area (Å²) in [5.41, 5.74) is 1.67. The summed E-state index contributed by atoms with van der Waals surface area (Å²) in [6, 6.07) is 15.1. The summed E-state index contributed by atoms with van der Waals surface area (Å²) in [6.45, 7) is 3.29. The van der Waals surface area contributed by atoms with Crippen LogP contribution in [0.15, 0.2) is 78.0 Å². The first-order valence-electron chi connectivity index (χ1n) is 11.1. The number of pyridine rings is 1. The fourth-order valence-electron chi connectivity index (χ4n) is 4.44. The quantitative estimate of drug-likeness (QED) is 0.392. The standard InChI is InChI=1S/C26H25F3N2O3S.CH4/c1-25(2,35(33,34)23-5-3-4-21(16-23)26(27,28)29)20-12-15-31(24(32)17-20)22-8-6-18(7-9-22)19-10-13-30-14-11-19;/h3-11,13-14,16,20H,12,15,17H2,1-2H3;1H4/t20-;/m0./s1. The summed E-state index contributed by atoms with van der Waals surface area (Å²) in [6.07, 6.45) is -0.857. The van der Waals surface area contributed by atoms with E-state index in [9.17, 15) is 26.4 Å². The van der Waals surface area contributed by atoms with Gasteiger partial charge in [-0.25, -0.2) is 8.42 Å². The molecule has 1 saturated heterocycles. The second-order valence-corrected chi connectivity index (χ2v) is 11.7. The van der Waals surface area contributed by atoms with Crippen LogP contribution in [0.25, 0.3) is 11.1 Å². The number of hydrogen-bond donors (Lipinski definition) is 0. The highest BCUT2D eigenvalue weighted by molar-refractivity contribution is 7.92. The predicted octanol–water partition coefficient (Wildman–Crippen LogP) is 6.40. The predicted molar refractivity (Wildman–Crippen MR) is 134 cm³/mol. The SMILES string of the molecule is C.CC(C)([C@H]1CCN(c2ccc(-c3ccncc3)cc2)C(=O)C1)S(=O)(=O)c1cccc(C(F)(F)F)c1. The lowest BCUT2D eigenvalue weighted by atomic mass is 9.85. The molecule has 1 atom stereocenters. The molecule has 0 spiro atoms. The minimum absolute atomic E-state index is 0. The highest BCUT2D eigenvalue weighted by Gasteiger charge is 2.46. The van der Waals surface area contributed by atoms with E-state index in [4.69, 9.17) is 0 Å². The molecule has 1 aliphatic rings. The maximum absolute atomic E-state index is 13.4. The molecule has 1 aromatic heterocycles. The van der Waals surface area contributed by atoms with E-state index in [0.717, 1.165) is 23.3 Å². The lowest BCUT2D eigenvalue weighted by molar-refractivity contribution is -0.137. The number of benzene rings is 2. The molecule has 1 fully saturated rings. The lowest BCUT2D eigenvalue weighted by Crippen LogP contribution is -2.48. The molecule has 2 heterocycles. The summed E-state index contributed by atoms with van der Waals surface area (Å²) in [5.74, 6) is -0.757. The molecule has 0 bridgehead atoms. The first kappa shape index (κ1) is 27.4. The van der Waals surface area contributed by atoms with Crippen molar-refractivity contribution in [1.82, 2.24) is 4.98 Å². The minimum atomic E-state index is -4.65. The van der Waals surface area contributed by atoms with Crippen molar-refractivity contribution < 1.29 is 26.4 Å². The van der Waals surface area contributed by atoms with Gasteiger partial charge in [-0.05, 0) is 79.8 Å². The van der Waals surface area contributed by atoms with Crippen LogP contribution in [0.1, 0.15) is 39.7 Å². The Balaban J connectivity index is 0.00000361. The van der Waals surface area contributed by atoms with Crippen molar-refractivity contribution in [3.05, 3.63) is 78.6 Å². The number of hydrogen-bond acceptors (Lipinski definition) is 4. The molecule has 9 heteroatoms. The van der Waals surface area contributed by atoms with E-state index < -0.39 is 32.2 Å². The lowest BCUT2D eigenvalue weighted by Gasteiger charge is -2.39. The Morgan fingerprint density at radius 2 is 1.56 bits per heavy atom. The third-order valence-electron chi connectivity index (χ3n) is 6.76. The summed E-state index contributed by atoms with van der Waals surface area (Å²) < 4.78 is 64.7. The zero-order valence-electron chi connectivity index (χ0n) is 19.3. The number of sulfone groups is 1. The highest BCUT2D eigenvalue weighted by atomic mass is 32.2. The van der Waals surface area contributed by atoms with Crippen molar-refractivity contribution >= 4 is 21.4 Å². The molecule has 36 heavy (non-hydrogen) atoms. The van der Waals surface area contributed by atoms with Crippen LogP contribution in [-0.2, 0) is 20.8 Å². The summed E-state index contributed by atoms with van der Waals surface area (Å²) in [5, 5.41) is 0. The van der Waals surface area contributed by atoms with Gasteiger partial charge in [0.2, 0.25) is 5.91 Å². The number of alkyl halides is 3. The molecule has 3 aromatic rings. The largest absolute Gasteiger partial charge is 0.416 e. The Morgan fingerprint density at radius 1 is 0.944 bits per heavy atom. The van der Waals surface area contributed by atoms with Crippen LogP contribution in [0.5, 0.6) is 0 Å². The maximum atomic E-state index is 13.4. The first-order chi connectivity index (χ1) is 16.4. The van der Waals surface area contributed by atoms with Crippen molar-refractivity contribution in [3.63, 3.8) is 0 Å². The van der Waals surface area contributed by atoms with Gasteiger partial charge in [-0.2, -0.15) is 13.2 Å². The maximum Gasteiger partial charge on any atom is 0.416 e. The fourth-order valence-corrected chi connectivity index (χ4v) is 6.23. The molecule has 1 aliphatic heterocycles. The van der Waals surface area contributed by atoms with E-state index >= 15 is 0 Å². The summed E-state index contributed by atoms with van der Waals surface area (Å²) >= 11 is 0. The van der Waals surface area contributed by atoms with Crippen LogP contribution in [-0.4, -0.2) is 30.6 Å². The Morgan fingerprint density at radius 3 is 2.14 bits per heavy atom. The van der Waals surface area contributed by atoms with Gasteiger partial charge in [0.15, 0.2) is 9.84 Å². The van der Waals surface area contributed by atoms with Crippen LogP contribution in [0.2, 0.25) is 0 Å². The van der Waals surface area contributed by atoms with Crippen LogP contribution >= 0.6 is 0 Å². The van der Waals surface area contributed by atoms with Crippen LogP contribution in [0, 0.1) is 5.92 Å². The first-order valence-corrected chi connectivity index (χ1v) is 12.6. The topological polar surface area (TPSA) is 67.3 Å². The van der Waals surface area contributed by atoms with Crippen molar-refractivity contribution in [2.45, 2.75) is 49.9 Å². The normalized spacial score (nSPS) is 17.0. The van der Waals surface area contributed by atoms with Gasteiger partial charge in [0.1, 0.15) is 0 Å². The molecule has 0 aliphatic carbocycles. The third kappa shape index (κ3) is 5.16. The van der Waals surface area contributed by atoms with Gasteiger partial charge in [0.25, 0.3) is 0 Å². The number of amides is 1. The highest BCUT2D eigenvalue weighted by Crippen LogP contribution is 2.40. The van der Waals surface area contributed by atoms with Crippen molar-refractivity contribution in [1.29, 1.82) is 0 Å². The molecule has 2 aromatic carbocycles. The Kier molecular flexibility index (Phi) is 7.64. The number of carbonyl (C=O) groups excluding carboxylic acids is 1. The molecule has 0 saturated carbocycles. The second-order valence-electron chi connectivity index (χ2n) is 9.15. The second kappa shape index (κ2) is 10.0. The molecular weight excluding hydrogens is 489 g/mol. The average Bonchev–Trinajstić information content (AvgIpc) is 2.84. The average molecular weight is 519 g/mol. The number of carbonyl (C=O) groups is 1. The van der Waals surface area contributed by atoms with E-state index in [1.54, 1.807) is 17.3 Å². The third-order valence-corrected chi connectivity index (χ3v) is 9.36. The fraction of sp³-hybridized carbons (Fsp3) is 0.333. The number of nitrogens with zero attached hydrogens (tertiary/aromatic N) is 2. The Hall–Kier alpha value is -3.20. The van der Waals surface area contributed by atoms with E-state index in [-0.39, 0.29) is 24.7 Å². The van der Waals surface area contributed by atoms with Crippen LogP contribution in [0.4, 0.5) is 18.9 Å². The van der Waals surface area contributed by atoms with Crippen molar-refractivity contribution in [2.75, 3.05) is 11.4 Å². The van der Waals surface area contributed by atoms with Crippen molar-refractivity contribution in [3.8, 4) is 11.1 Å². The smallest absolute Gasteiger partial charge is 0.312 e. The van der Waals surface area contributed by atoms with Gasteiger partial charge in [0.05, 0.1) is 15.2 Å². The van der Waals surface area contributed by atoms with Gasteiger partial charge in [0, 0.05) is 31.0 Å². The van der Waals surface area contributed by atoms with Crippen LogP contribution in [0.3, 0.4) is 0 Å². The van der Waals surface area contributed by atoms with E-state index in [0.29, 0.717) is 24.7 Å². The summed E-state index contributed by atoms with van der Waals surface area (Å²) in [7, 11) is -4.14. The van der Waals surface area contributed by atoms with Crippen LogP contribution < -0.4 is 4.90 Å². The van der Waals surface area contributed by atoms with Gasteiger partial charge >= 0.3 is 6.18 Å². The monoisotopic (exact) mass is 518 g/mol. The molecule has 5 nitrogen and oxygen atoms in total. The van der Waals surface area contributed by atoms with Gasteiger partial charge in [-0.1, -0.05) is 25.6 Å². The molecule has 192 valence electrons. The number of halogens is 3. The summed E-state index contributed by atoms with van der Waals surface area (Å²) in [4.78, 5) is 18.3. The zero-order valence-corrected chi connectivity index (χ0v) is 20.1. The molecule has 1 amide bonds. The number of aromatic nitrogens is 1.